The number of hydrogen-bond donors (Lipinski definition) is 2. The van der Waals surface area contributed by atoms with Crippen LogP contribution in [0.15, 0.2) is 46.9 Å². The van der Waals surface area contributed by atoms with Crippen LogP contribution >= 0.6 is 15.9 Å². The van der Waals surface area contributed by atoms with E-state index in [4.69, 9.17) is 0 Å². The number of nitrogens with one attached hydrogen (secondary N) is 2. The van der Waals surface area contributed by atoms with Gasteiger partial charge in [0.1, 0.15) is 0 Å². The molecule has 0 aromatic heterocycles. The molecule has 2 aromatic rings. The molecule has 0 radical (unpaired) electrons. The average molecular weight is 374 g/mol. The molecule has 1 amide bonds. The van der Waals surface area contributed by atoms with Gasteiger partial charge in [-0.05, 0) is 52.7 Å². The predicted octanol–water partition coefficient (Wildman–Crippen LogP) is 3.49. The summed E-state index contributed by atoms with van der Waals surface area (Å²) < 4.78 is 0.890. The van der Waals surface area contributed by atoms with E-state index in [1.807, 2.05) is 36.2 Å². The molecule has 0 spiro atoms. The van der Waals surface area contributed by atoms with Gasteiger partial charge >= 0.3 is 0 Å². The van der Waals surface area contributed by atoms with Gasteiger partial charge in [-0.15, -0.1) is 0 Å². The number of fused-ring (bicyclic) bond motifs is 1. The number of nitrogens with zero attached hydrogens (tertiary/aromatic N) is 1. The van der Waals surface area contributed by atoms with Gasteiger partial charge in [0.2, 0.25) is 5.91 Å². The number of amides is 1. The van der Waals surface area contributed by atoms with Crippen LogP contribution in [-0.2, 0) is 17.8 Å². The van der Waals surface area contributed by atoms with Crippen molar-refractivity contribution in [2.75, 3.05) is 30.8 Å². The van der Waals surface area contributed by atoms with Crippen molar-refractivity contribution in [3.63, 3.8) is 0 Å². The van der Waals surface area contributed by atoms with Gasteiger partial charge in [0.25, 0.3) is 0 Å². The second-order valence-electron chi connectivity index (χ2n) is 5.83. The number of carbonyl (C=O) groups excluding carboxylic acids is 1. The Labute approximate surface area is 145 Å². The van der Waals surface area contributed by atoms with Crippen LogP contribution in [0.1, 0.15) is 11.1 Å². The molecule has 0 fully saturated rings. The minimum Gasteiger partial charge on any atom is -0.384 e. The van der Waals surface area contributed by atoms with E-state index >= 15 is 0 Å². The predicted molar refractivity (Wildman–Crippen MR) is 97.7 cm³/mol. The summed E-state index contributed by atoms with van der Waals surface area (Å²) in [6, 6.07) is 14.0. The molecule has 1 aliphatic rings. The second-order valence-corrected chi connectivity index (χ2v) is 6.68. The lowest BCUT2D eigenvalue weighted by Gasteiger charge is -2.18. The molecule has 2 aromatic carbocycles. The Morgan fingerprint density at radius 3 is 2.91 bits per heavy atom. The number of carbonyl (C=O) groups is 1. The van der Waals surface area contributed by atoms with E-state index in [0.29, 0.717) is 6.54 Å². The first-order valence-corrected chi connectivity index (χ1v) is 8.50. The molecule has 4 nitrogen and oxygen atoms in total. The molecule has 0 saturated carbocycles. The summed E-state index contributed by atoms with van der Waals surface area (Å²) in [5, 5.41) is 6.38. The summed E-state index contributed by atoms with van der Waals surface area (Å²) in [5.74, 6) is -0.0139. The molecule has 0 aliphatic carbocycles. The van der Waals surface area contributed by atoms with Crippen molar-refractivity contribution in [1.29, 1.82) is 0 Å². The molecule has 1 heterocycles. The lowest BCUT2D eigenvalue weighted by molar-refractivity contribution is -0.117. The summed E-state index contributed by atoms with van der Waals surface area (Å²) in [6.07, 6.45) is 1.08. The molecule has 23 heavy (non-hydrogen) atoms. The lowest BCUT2D eigenvalue weighted by Crippen LogP contribution is -2.30. The zero-order valence-electron chi connectivity index (χ0n) is 13.1. The number of halogens is 1. The van der Waals surface area contributed by atoms with E-state index in [0.717, 1.165) is 29.7 Å². The SMILES string of the molecule is CN(CC(=O)Nc1ccccc1Br)Cc1cccc2c1NCC2. The Bertz CT molecular complexity index is 717. The first-order valence-electron chi connectivity index (χ1n) is 7.71. The highest BCUT2D eigenvalue weighted by molar-refractivity contribution is 9.10. The lowest BCUT2D eigenvalue weighted by atomic mass is 10.1. The van der Waals surface area contributed by atoms with Crippen molar-refractivity contribution in [1.82, 2.24) is 4.90 Å². The Kier molecular flexibility index (Phi) is 4.98. The van der Waals surface area contributed by atoms with E-state index < -0.39 is 0 Å². The zero-order valence-corrected chi connectivity index (χ0v) is 14.7. The Hall–Kier alpha value is -1.85. The fraction of sp³-hybridized carbons (Fsp3) is 0.278. The number of anilines is 2. The van der Waals surface area contributed by atoms with E-state index in [1.165, 1.54) is 16.8 Å². The van der Waals surface area contributed by atoms with Crippen molar-refractivity contribution >= 4 is 33.2 Å². The summed E-state index contributed by atoms with van der Waals surface area (Å²) in [7, 11) is 1.97. The number of para-hydroxylation sites is 2. The van der Waals surface area contributed by atoms with Gasteiger partial charge in [0, 0.05) is 23.2 Å². The molecule has 0 saturated heterocycles. The van der Waals surface area contributed by atoms with Crippen molar-refractivity contribution in [3.05, 3.63) is 58.1 Å². The molecule has 3 rings (SSSR count). The minimum atomic E-state index is -0.0139. The highest BCUT2D eigenvalue weighted by Crippen LogP contribution is 2.27. The van der Waals surface area contributed by atoms with E-state index in [2.05, 4.69) is 44.8 Å². The Balaban J connectivity index is 1.59. The average Bonchev–Trinajstić information content (AvgIpc) is 2.99. The molecule has 120 valence electrons. The third kappa shape index (κ3) is 3.92. The molecule has 2 N–H and O–H groups in total. The molecule has 0 unspecified atom stereocenters. The fourth-order valence-corrected chi connectivity index (χ4v) is 3.27. The third-order valence-corrected chi connectivity index (χ3v) is 4.63. The standard InChI is InChI=1S/C18H20BrN3O/c1-22(11-14-6-4-5-13-9-10-20-18(13)14)12-17(23)21-16-8-3-2-7-15(16)19/h2-8,20H,9-12H2,1H3,(H,21,23). The molecular formula is C18H20BrN3O. The van der Waals surface area contributed by atoms with Gasteiger partial charge in [-0.3, -0.25) is 9.69 Å². The summed E-state index contributed by atoms with van der Waals surface area (Å²) in [5.41, 5.74) is 4.66. The first-order chi connectivity index (χ1) is 11.1. The van der Waals surface area contributed by atoms with Crippen LogP contribution in [0.4, 0.5) is 11.4 Å². The number of rotatable bonds is 5. The fourth-order valence-electron chi connectivity index (χ4n) is 2.89. The van der Waals surface area contributed by atoms with Crippen LogP contribution in [0.25, 0.3) is 0 Å². The monoisotopic (exact) mass is 373 g/mol. The largest absolute Gasteiger partial charge is 0.384 e. The van der Waals surface area contributed by atoms with Gasteiger partial charge in [-0.1, -0.05) is 30.3 Å². The quantitative estimate of drug-likeness (QED) is 0.842. The maximum atomic E-state index is 12.2. The topological polar surface area (TPSA) is 44.4 Å². The molecular weight excluding hydrogens is 354 g/mol. The Morgan fingerprint density at radius 2 is 2.09 bits per heavy atom. The normalized spacial score (nSPS) is 12.8. The van der Waals surface area contributed by atoms with E-state index in [1.54, 1.807) is 0 Å². The summed E-state index contributed by atoms with van der Waals surface area (Å²) in [6.45, 7) is 2.10. The van der Waals surface area contributed by atoms with Crippen molar-refractivity contribution < 1.29 is 4.79 Å². The summed E-state index contributed by atoms with van der Waals surface area (Å²) >= 11 is 3.44. The number of hydrogen-bond acceptors (Lipinski definition) is 3. The molecule has 0 bridgehead atoms. The molecule has 5 heteroatoms. The molecule has 1 aliphatic heterocycles. The van der Waals surface area contributed by atoms with Crippen LogP contribution in [0, 0.1) is 0 Å². The summed E-state index contributed by atoms with van der Waals surface area (Å²) in [4.78, 5) is 14.2. The van der Waals surface area contributed by atoms with E-state index in [9.17, 15) is 4.79 Å². The van der Waals surface area contributed by atoms with Gasteiger partial charge in [0.15, 0.2) is 0 Å². The maximum absolute atomic E-state index is 12.2. The van der Waals surface area contributed by atoms with Crippen molar-refractivity contribution in [2.24, 2.45) is 0 Å². The van der Waals surface area contributed by atoms with E-state index in [-0.39, 0.29) is 5.91 Å². The molecule has 0 atom stereocenters. The third-order valence-electron chi connectivity index (χ3n) is 3.93. The van der Waals surface area contributed by atoms with Gasteiger partial charge in [0.05, 0.1) is 12.2 Å². The first kappa shape index (κ1) is 16.0. The van der Waals surface area contributed by atoms with Crippen molar-refractivity contribution in [2.45, 2.75) is 13.0 Å². The highest BCUT2D eigenvalue weighted by atomic mass is 79.9. The van der Waals surface area contributed by atoms with Crippen LogP contribution < -0.4 is 10.6 Å². The van der Waals surface area contributed by atoms with Crippen molar-refractivity contribution in [3.8, 4) is 0 Å². The van der Waals surface area contributed by atoms with Gasteiger partial charge in [-0.25, -0.2) is 0 Å². The maximum Gasteiger partial charge on any atom is 0.238 e. The smallest absolute Gasteiger partial charge is 0.238 e. The van der Waals surface area contributed by atoms with Crippen LogP contribution in [0.2, 0.25) is 0 Å². The van der Waals surface area contributed by atoms with Crippen LogP contribution in [0.5, 0.6) is 0 Å². The van der Waals surface area contributed by atoms with Crippen LogP contribution in [0.3, 0.4) is 0 Å². The second kappa shape index (κ2) is 7.15. The Morgan fingerprint density at radius 1 is 1.26 bits per heavy atom. The van der Waals surface area contributed by atoms with Gasteiger partial charge < -0.3 is 10.6 Å². The van der Waals surface area contributed by atoms with Gasteiger partial charge in [-0.2, -0.15) is 0 Å². The highest BCUT2D eigenvalue weighted by Gasteiger charge is 2.15. The number of benzene rings is 2. The zero-order chi connectivity index (χ0) is 16.2. The minimum absolute atomic E-state index is 0.0139. The number of likely N-dealkylation sites (N-methyl/N-ethyl adjacent to an activating group) is 1. The van der Waals surface area contributed by atoms with Crippen LogP contribution in [-0.4, -0.2) is 30.9 Å².